The minimum absolute atomic E-state index is 0.00498. The summed E-state index contributed by atoms with van der Waals surface area (Å²) in [5.74, 6) is -0.154. The van der Waals surface area contributed by atoms with Gasteiger partial charge in [-0.05, 0) is 13.3 Å². The van der Waals surface area contributed by atoms with E-state index in [1.165, 1.54) is 0 Å². The molecule has 0 saturated heterocycles. The van der Waals surface area contributed by atoms with Gasteiger partial charge in [0, 0.05) is 12.1 Å². The predicted octanol–water partition coefficient (Wildman–Crippen LogP) is -0.233. The second kappa shape index (κ2) is 7.21. The first-order valence-corrected chi connectivity index (χ1v) is 5.07. The zero-order valence-electron chi connectivity index (χ0n) is 9.34. The Balaban J connectivity index is 3.75. The maximum atomic E-state index is 11.2. The van der Waals surface area contributed by atoms with Gasteiger partial charge in [0.15, 0.2) is 0 Å². The first-order valence-electron chi connectivity index (χ1n) is 5.07. The minimum Gasteiger partial charge on any atom is -0.394 e. The van der Waals surface area contributed by atoms with Gasteiger partial charge in [0.05, 0.1) is 25.6 Å². The first-order chi connectivity index (χ1) is 7.08. The zero-order valence-corrected chi connectivity index (χ0v) is 9.34. The van der Waals surface area contributed by atoms with E-state index in [4.69, 9.17) is 10.4 Å². The smallest absolute Gasteiger partial charge is 0.234 e. The average Bonchev–Trinajstić information content (AvgIpc) is 2.26. The van der Waals surface area contributed by atoms with E-state index in [0.717, 1.165) is 6.42 Å². The normalized spacial score (nSPS) is 14.0. The summed E-state index contributed by atoms with van der Waals surface area (Å²) in [6.07, 6.45) is 1.06. The van der Waals surface area contributed by atoms with Crippen LogP contribution in [0.25, 0.3) is 0 Å². The van der Waals surface area contributed by atoms with Gasteiger partial charge in [-0.1, -0.05) is 6.92 Å². The Labute approximate surface area is 90.5 Å². The van der Waals surface area contributed by atoms with Crippen LogP contribution in [-0.4, -0.2) is 36.2 Å². The van der Waals surface area contributed by atoms with Gasteiger partial charge in [-0.2, -0.15) is 5.26 Å². The van der Waals surface area contributed by atoms with Crippen LogP contribution in [0.3, 0.4) is 0 Å². The van der Waals surface area contributed by atoms with Crippen LogP contribution < -0.4 is 10.6 Å². The van der Waals surface area contributed by atoms with Gasteiger partial charge in [0.25, 0.3) is 0 Å². The SMILES string of the molecule is CCC(C)(CO)NCC(=O)NCCC#N. The van der Waals surface area contributed by atoms with Crippen molar-refractivity contribution in [2.75, 3.05) is 19.7 Å². The van der Waals surface area contributed by atoms with Crippen LogP contribution in [0.4, 0.5) is 0 Å². The molecule has 0 aliphatic rings. The van der Waals surface area contributed by atoms with E-state index in [1.54, 1.807) is 0 Å². The molecule has 0 aliphatic carbocycles. The molecule has 0 heterocycles. The molecule has 0 fully saturated rings. The standard InChI is InChI=1S/C10H19N3O2/c1-3-10(2,8-14)13-7-9(15)12-6-4-5-11/h13-14H,3-4,6-8H2,1-2H3,(H,12,15). The van der Waals surface area contributed by atoms with Crippen molar-refractivity contribution in [1.82, 2.24) is 10.6 Å². The lowest BCUT2D eigenvalue weighted by Crippen LogP contribution is -2.49. The number of carbonyl (C=O) groups is 1. The van der Waals surface area contributed by atoms with E-state index in [2.05, 4.69) is 10.6 Å². The highest BCUT2D eigenvalue weighted by Crippen LogP contribution is 2.06. The van der Waals surface area contributed by atoms with Gasteiger partial charge in [-0.3, -0.25) is 4.79 Å². The number of nitrogens with zero attached hydrogens (tertiary/aromatic N) is 1. The quantitative estimate of drug-likeness (QED) is 0.510. The van der Waals surface area contributed by atoms with E-state index in [9.17, 15) is 4.79 Å². The summed E-state index contributed by atoms with van der Waals surface area (Å²) in [7, 11) is 0. The van der Waals surface area contributed by atoms with Crippen molar-refractivity contribution in [1.29, 1.82) is 5.26 Å². The molecule has 0 aromatic rings. The molecule has 0 saturated carbocycles. The number of rotatable bonds is 7. The lowest BCUT2D eigenvalue weighted by atomic mass is 10.0. The molecule has 5 heteroatoms. The number of amides is 1. The Morgan fingerprint density at radius 3 is 2.73 bits per heavy atom. The molecule has 1 unspecified atom stereocenters. The molecule has 1 amide bonds. The summed E-state index contributed by atoms with van der Waals surface area (Å²) >= 11 is 0. The molecule has 0 bridgehead atoms. The summed E-state index contributed by atoms with van der Waals surface area (Å²) in [6.45, 7) is 4.33. The summed E-state index contributed by atoms with van der Waals surface area (Å²) in [6, 6.07) is 1.94. The van der Waals surface area contributed by atoms with Gasteiger partial charge in [-0.25, -0.2) is 0 Å². The third-order valence-electron chi connectivity index (χ3n) is 2.36. The van der Waals surface area contributed by atoms with Crippen LogP contribution in [0.2, 0.25) is 0 Å². The fourth-order valence-electron chi connectivity index (χ4n) is 0.907. The fraction of sp³-hybridized carbons (Fsp3) is 0.800. The second-order valence-electron chi connectivity index (χ2n) is 3.68. The molecule has 0 aromatic heterocycles. The average molecular weight is 213 g/mol. The summed E-state index contributed by atoms with van der Waals surface area (Å²) in [5.41, 5.74) is -0.410. The van der Waals surface area contributed by atoms with Crippen LogP contribution in [0, 0.1) is 11.3 Å². The van der Waals surface area contributed by atoms with E-state index in [1.807, 2.05) is 19.9 Å². The molecular formula is C10H19N3O2. The minimum atomic E-state index is -0.410. The highest BCUT2D eigenvalue weighted by molar-refractivity contribution is 5.78. The topological polar surface area (TPSA) is 85.2 Å². The second-order valence-corrected chi connectivity index (χ2v) is 3.68. The maximum Gasteiger partial charge on any atom is 0.234 e. The molecular weight excluding hydrogens is 194 g/mol. The third kappa shape index (κ3) is 6.05. The van der Waals surface area contributed by atoms with Crippen molar-refractivity contribution in [3.8, 4) is 6.07 Å². The van der Waals surface area contributed by atoms with Crippen LogP contribution in [0.5, 0.6) is 0 Å². The summed E-state index contributed by atoms with van der Waals surface area (Å²) in [5, 5.41) is 22.9. The van der Waals surface area contributed by atoms with Crippen molar-refractivity contribution in [3.05, 3.63) is 0 Å². The predicted molar refractivity (Wildman–Crippen MR) is 57.0 cm³/mol. The Hall–Kier alpha value is -1.12. The summed E-state index contributed by atoms with van der Waals surface area (Å²) < 4.78 is 0. The summed E-state index contributed by atoms with van der Waals surface area (Å²) in [4.78, 5) is 11.2. The number of hydrogen-bond donors (Lipinski definition) is 3. The lowest BCUT2D eigenvalue weighted by Gasteiger charge is -2.26. The molecule has 0 aromatic carbocycles. The Morgan fingerprint density at radius 2 is 2.27 bits per heavy atom. The van der Waals surface area contributed by atoms with Gasteiger partial charge < -0.3 is 15.7 Å². The Kier molecular flexibility index (Phi) is 6.67. The first kappa shape index (κ1) is 13.9. The number of nitrogens with one attached hydrogen (secondary N) is 2. The van der Waals surface area contributed by atoms with Gasteiger partial charge >= 0.3 is 0 Å². The molecule has 5 nitrogen and oxygen atoms in total. The zero-order chi connectivity index (χ0) is 11.7. The molecule has 1 atom stereocenters. The van der Waals surface area contributed by atoms with Crippen molar-refractivity contribution >= 4 is 5.91 Å². The van der Waals surface area contributed by atoms with E-state index < -0.39 is 5.54 Å². The molecule has 0 rings (SSSR count). The maximum absolute atomic E-state index is 11.2. The Bertz CT molecular complexity index is 231. The molecule has 86 valence electrons. The number of carbonyl (C=O) groups excluding carboxylic acids is 1. The van der Waals surface area contributed by atoms with E-state index in [-0.39, 0.29) is 19.1 Å². The molecule has 3 N–H and O–H groups in total. The van der Waals surface area contributed by atoms with Gasteiger partial charge in [0.2, 0.25) is 5.91 Å². The number of aliphatic hydroxyl groups is 1. The molecule has 0 aliphatic heterocycles. The van der Waals surface area contributed by atoms with E-state index >= 15 is 0 Å². The van der Waals surface area contributed by atoms with Crippen molar-refractivity contribution < 1.29 is 9.90 Å². The highest BCUT2D eigenvalue weighted by atomic mass is 16.3. The number of nitriles is 1. The van der Waals surface area contributed by atoms with Crippen molar-refractivity contribution in [3.63, 3.8) is 0 Å². The van der Waals surface area contributed by atoms with Crippen molar-refractivity contribution in [2.45, 2.75) is 32.2 Å². The van der Waals surface area contributed by atoms with Crippen LogP contribution in [0.15, 0.2) is 0 Å². The highest BCUT2D eigenvalue weighted by Gasteiger charge is 2.20. The van der Waals surface area contributed by atoms with Crippen LogP contribution in [-0.2, 0) is 4.79 Å². The third-order valence-corrected chi connectivity index (χ3v) is 2.36. The van der Waals surface area contributed by atoms with Gasteiger partial charge in [0.1, 0.15) is 0 Å². The van der Waals surface area contributed by atoms with Crippen LogP contribution in [0.1, 0.15) is 26.7 Å². The van der Waals surface area contributed by atoms with E-state index in [0.29, 0.717) is 13.0 Å². The molecule has 15 heavy (non-hydrogen) atoms. The fourth-order valence-corrected chi connectivity index (χ4v) is 0.907. The molecule has 0 spiro atoms. The monoisotopic (exact) mass is 213 g/mol. The van der Waals surface area contributed by atoms with Crippen molar-refractivity contribution in [2.24, 2.45) is 0 Å². The largest absolute Gasteiger partial charge is 0.394 e. The Morgan fingerprint density at radius 1 is 1.60 bits per heavy atom. The molecule has 0 radical (unpaired) electrons. The lowest BCUT2D eigenvalue weighted by molar-refractivity contribution is -0.120. The number of hydrogen-bond acceptors (Lipinski definition) is 4. The number of aliphatic hydroxyl groups excluding tert-OH is 1. The van der Waals surface area contributed by atoms with Crippen LogP contribution >= 0.6 is 0 Å². The van der Waals surface area contributed by atoms with Gasteiger partial charge in [-0.15, -0.1) is 0 Å².